The predicted octanol–water partition coefficient (Wildman–Crippen LogP) is 2.31. The summed E-state index contributed by atoms with van der Waals surface area (Å²) < 4.78 is 10.7. The third-order valence-electron chi connectivity index (χ3n) is 3.90. The summed E-state index contributed by atoms with van der Waals surface area (Å²) in [6, 6.07) is 4.18. The molecule has 0 radical (unpaired) electrons. The molecule has 130 valence electrons. The van der Waals surface area contributed by atoms with E-state index in [9.17, 15) is 4.79 Å². The Bertz CT molecular complexity index is 644. The van der Waals surface area contributed by atoms with Crippen molar-refractivity contribution >= 4 is 17.2 Å². The van der Waals surface area contributed by atoms with Crippen LogP contribution in [-0.4, -0.2) is 34.8 Å². The average Bonchev–Trinajstić information content (AvgIpc) is 3.24. The van der Waals surface area contributed by atoms with Gasteiger partial charge in [-0.1, -0.05) is 11.2 Å². The summed E-state index contributed by atoms with van der Waals surface area (Å²) in [7, 11) is 0. The zero-order valence-corrected chi connectivity index (χ0v) is 14.5. The van der Waals surface area contributed by atoms with Gasteiger partial charge in [0.25, 0.3) is 0 Å². The van der Waals surface area contributed by atoms with Crippen molar-refractivity contribution < 1.29 is 14.1 Å². The molecule has 1 aliphatic heterocycles. The van der Waals surface area contributed by atoms with Gasteiger partial charge in [-0.2, -0.15) is 4.98 Å². The van der Waals surface area contributed by atoms with Crippen LogP contribution >= 0.6 is 11.3 Å². The first kappa shape index (κ1) is 17.1. The van der Waals surface area contributed by atoms with E-state index in [0.717, 1.165) is 24.3 Å². The maximum Gasteiger partial charge on any atom is 0.234 e. The fraction of sp³-hybridized carbons (Fsp3) is 0.562. The van der Waals surface area contributed by atoms with Crippen LogP contribution in [0.3, 0.4) is 0 Å². The highest BCUT2D eigenvalue weighted by molar-refractivity contribution is 7.13. The molecule has 1 fully saturated rings. The fourth-order valence-electron chi connectivity index (χ4n) is 2.64. The zero-order chi connectivity index (χ0) is 16.8. The maximum absolute atomic E-state index is 11.9. The number of hydrogen-bond donors (Lipinski definition) is 2. The van der Waals surface area contributed by atoms with Gasteiger partial charge in [0.05, 0.1) is 11.0 Å². The summed E-state index contributed by atoms with van der Waals surface area (Å²) in [5, 5.41) is 5.93. The van der Waals surface area contributed by atoms with Gasteiger partial charge < -0.3 is 9.26 Å². The molecule has 0 aliphatic carbocycles. The Balaban J connectivity index is 1.35. The van der Waals surface area contributed by atoms with Gasteiger partial charge >= 0.3 is 0 Å². The molecule has 2 N–H and O–H groups in total. The molecule has 8 heteroatoms. The van der Waals surface area contributed by atoms with E-state index in [1.807, 2.05) is 24.4 Å². The van der Waals surface area contributed by atoms with Crippen LogP contribution in [0.5, 0.6) is 0 Å². The van der Waals surface area contributed by atoms with Crippen LogP contribution < -0.4 is 10.9 Å². The van der Waals surface area contributed by atoms with Gasteiger partial charge in [-0.25, -0.2) is 5.43 Å². The topological polar surface area (TPSA) is 89.3 Å². The number of nitrogens with zero attached hydrogens (tertiary/aromatic N) is 2. The number of ether oxygens (including phenoxy) is 1. The summed E-state index contributed by atoms with van der Waals surface area (Å²) in [5.74, 6) is 1.16. The van der Waals surface area contributed by atoms with Crippen molar-refractivity contribution in [1.29, 1.82) is 0 Å². The van der Waals surface area contributed by atoms with Gasteiger partial charge in [0.15, 0.2) is 0 Å². The Hall–Kier alpha value is -1.77. The molecule has 2 atom stereocenters. The molecule has 0 bridgehead atoms. The number of aromatic nitrogens is 2. The number of hydrazine groups is 1. The third-order valence-corrected chi connectivity index (χ3v) is 4.77. The minimum atomic E-state index is -0.0212. The number of aryl methyl sites for hydroxylation is 1. The molecule has 3 rings (SSSR count). The molecule has 7 nitrogen and oxygen atoms in total. The van der Waals surface area contributed by atoms with Gasteiger partial charge in [-0.05, 0) is 37.6 Å². The Morgan fingerprint density at radius 3 is 3.21 bits per heavy atom. The van der Waals surface area contributed by atoms with Gasteiger partial charge in [0.1, 0.15) is 0 Å². The van der Waals surface area contributed by atoms with Crippen molar-refractivity contribution in [3.8, 4) is 10.7 Å². The molecule has 1 saturated heterocycles. The highest BCUT2D eigenvalue weighted by Gasteiger charge is 2.19. The van der Waals surface area contributed by atoms with E-state index in [1.165, 1.54) is 0 Å². The number of hydrogen-bond acceptors (Lipinski definition) is 7. The Morgan fingerprint density at radius 2 is 2.42 bits per heavy atom. The molecule has 0 saturated carbocycles. The van der Waals surface area contributed by atoms with Crippen LogP contribution in [0, 0.1) is 0 Å². The lowest BCUT2D eigenvalue weighted by molar-refractivity contribution is -0.122. The van der Waals surface area contributed by atoms with Crippen molar-refractivity contribution in [2.75, 3.05) is 6.61 Å². The van der Waals surface area contributed by atoms with Crippen molar-refractivity contribution in [3.05, 3.63) is 23.4 Å². The van der Waals surface area contributed by atoms with E-state index >= 15 is 0 Å². The maximum atomic E-state index is 11.9. The molecule has 1 amide bonds. The SMILES string of the molecule is C[C@H]1C[C@@H](NNC(=O)CCCc2nc(-c3cccs3)no2)CCO1. The number of thiophene rings is 1. The fourth-order valence-corrected chi connectivity index (χ4v) is 3.29. The second-order valence-electron chi connectivity index (χ2n) is 5.94. The first-order valence-corrected chi connectivity index (χ1v) is 9.11. The van der Waals surface area contributed by atoms with Gasteiger partial charge in [0.2, 0.25) is 17.6 Å². The van der Waals surface area contributed by atoms with Crippen LogP contribution in [0.2, 0.25) is 0 Å². The van der Waals surface area contributed by atoms with Crippen LogP contribution in [0.25, 0.3) is 10.7 Å². The molecule has 2 aromatic rings. The first-order chi connectivity index (χ1) is 11.7. The molecular formula is C16H22N4O3S. The summed E-state index contributed by atoms with van der Waals surface area (Å²) in [4.78, 5) is 17.2. The molecular weight excluding hydrogens is 328 g/mol. The lowest BCUT2D eigenvalue weighted by Gasteiger charge is -2.28. The Kier molecular flexibility index (Phi) is 5.95. The van der Waals surface area contributed by atoms with E-state index in [4.69, 9.17) is 9.26 Å². The molecule has 0 aromatic carbocycles. The number of carbonyl (C=O) groups is 1. The lowest BCUT2D eigenvalue weighted by atomic mass is 10.1. The smallest absolute Gasteiger partial charge is 0.234 e. The van der Waals surface area contributed by atoms with Crippen LogP contribution in [0.4, 0.5) is 0 Å². The predicted molar refractivity (Wildman–Crippen MR) is 90.3 cm³/mol. The normalized spacial score (nSPS) is 20.9. The first-order valence-electron chi connectivity index (χ1n) is 8.23. The molecule has 2 aromatic heterocycles. The quantitative estimate of drug-likeness (QED) is 0.745. The number of carbonyl (C=O) groups excluding carboxylic acids is 1. The lowest BCUT2D eigenvalue weighted by Crippen LogP contribution is -2.47. The van der Waals surface area contributed by atoms with E-state index in [2.05, 4.69) is 21.0 Å². The summed E-state index contributed by atoms with van der Waals surface area (Å²) in [6.07, 6.45) is 3.75. The Labute approximate surface area is 144 Å². The van der Waals surface area contributed by atoms with Gasteiger partial charge in [0, 0.05) is 25.5 Å². The second-order valence-corrected chi connectivity index (χ2v) is 6.89. The van der Waals surface area contributed by atoms with E-state index < -0.39 is 0 Å². The largest absolute Gasteiger partial charge is 0.378 e. The van der Waals surface area contributed by atoms with Crippen molar-refractivity contribution in [2.24, 2.45) is 0 Å². The highest BCUT2D eigenvalue weighted by Crippen LogP contribution is 2.21. The number of amides is 1. The van der Waals surface area contributed by atoms with Gasteiger partial charge in [-0.3, -0.25) is 10.2 Å². The Morgan fingerprint density at radius 1 is 1.50 bits per heavy atom. The van der Waals surface area contributed by atoms with Crippen molar-refractivity contribution in [2.45, 2.75) is 51.2 Å². The molecule has 24 heavy (non-hydrogen) atoms. The van der Waals surface area contributed by atoms with Crippen molar-refractivity contribution in [1.82, 2.24) is 21.0 Å². The van der Waals surface area contributed by atoms with Crippen LogP contribution in [-0.2, 0) is 16.0 Å². The zero-order valence-electron chi connectivity index (χ0n) is 13.7. The highest BCUT2D eigenvalue weighted by atomic mass is 32.1. The molecule has 3 heterocycles. The summed E-state index contributed by atoms with van der Waals surface area (Å²) >= 11 is 1.57. The molecule has 0 unspecified atom stereocenters. The van der Waals surface area contributed by atoms with E-state index in [-0.39, 0.29) is 18.1 Å². The minimum absolute atomic E-state index is 0.0212. The van der Waals surface area contributed by atoms with Crippen LogP contribution in [0.1, 0.15) is 38.5 Å². The minimum Gasteiger partial charge on any atom is -0.378 e. The van der Waals surface area contributed by atoms with E-state index in [1.54, 1.807) is 11.3 Å². The number of rotatable bonds is 7. The second kappa shape index (κ2) is 8.36. The van der Waals surface area contributed by atoms with E-state index in [0.29, 0.717) is 31.0 Å². The van der Waals surface area contributed by atoms with Gasteiger partial charge in [-0.15, -0.1) is 11.3 Å². The average molecular weight is 350 g/mol. The standard InChI is InChI=1S/C16H22N4O3S/c1-11-10-12(7-8-22-11)18-19-14(21)5-2-6-15-17-16(20-23-15)13-4-3-9-24-13/h3-4,9,11-12,18H,2,5-8,10H2,1H3,(H,19,21)/t11-,12-/m0/s1. The third kappa shape index (κ3) is 4.86. The summed E-state index contributed by atoms with van der Waals surface area (Å²) in [5.41, 5.74) is 5.87. The molecule has 0 spiro atoms. The van der Waals surface area contributed by atoms with Crippen LogP contribution in [0.15, 0.2) is 22.0 Å². The monoisotopic (exact) mass is 350 g/mol. The summed E-state index contributed by atoms with van der Waals surface area (Å²) in [6.45, 7) is 2.78. The number of nitrogens with one attached hydrogen (secondary N) is 2. The van der Waals surface area contributed by atoms with Crippen molar-refractivity contribution in [3.63, 3.8) is 0 Å². The molecule has 1 aliphatic rings.